The third-order valence-corrected chi connectivity index (χ3v) is 5.96. The van der Waals surface area contributed by atoms with Gasteiger partial charge >= 0.3 is 0 Å². The van der Waals surface area contributed by atoms with Crippen LogP contribution in [-0.2, 0) is 14.8 Å². The minimum absolute atomic E-state index is 0.113. The molecule has 1 saturated heterocycles. The van der Waals surface area contributed by atoms with E-state index in [-0.39, 0.29) is 12.2 Å². The Hall–Kier alpha value is -1.63. The van der Waals surface area contributed by atoms with Gasteiger partial charge in [-0.2, -0.15) is 4.31 Å². The van der Waals surface area contributed by atoms with Crippen LogP contribution in [0.15, 0.2) is 41.3 Å². The molecule has 0 spiro atoms. The molecule has 6 heteroatoms. The lowest BCUT2D eigenvalue weighted by atomic mass is 10.1. The second kappa shape index (κ2) is 6.11. The highest BCUT2D eigenvalue weighted by atomic mass is 32.2. The van der Waals surface area contributed by atoms with Crippen LogP contribution in [0.4, 0.5) is 0 Å². The first-order valence-corrected chi connectivity index (χ1v) is 9.09. The number of ether oxygens (including phenoxy) is 2. The van der Waals surface area contributed by atoms with Crippen LogP contribution in [0.1, 0.15) is 13.8 Å². The first kappa shape index (κ1) is 16.2. The van der Waals surface area contributed by atoms with Gasteiger partial charge in [0, 0.05) is 23.9 Å². The largest absolute Gasteiger partial charge is 0.496 e. The van der Waals surface area contributed by atoms with Crippen molar-refractivity contribution in [1.82, 2.24) is 4.31 Å². The zero-order valence-electron chi connectivity index (χ0n) is 13.5. The summed E-state index contributed by atoms with van der Waals surface area (Å²) in [6.07, 6.45) is -0.226. The highest BCUT2D eigenvalue weighted by Crippen LogP contribution is 2.33. The summed E-state index contributed by atoms with van der Waals surface area (Å²) in [5, 5.41) is 1.48. The van der Waals surface area contributed by atoms with Crippen LogP contribution in [0, 0.1) is 0 Å². The third-order valence-electron chi connectivity index (χ3n) is 4.07. The molecule has 2 unspecified atom stereocenters. The highest BCUT2D eigenvalue weighted by Gasteiger charge is 2.33. The fourth-order valence-corrected chi connectivity index (χ4v) is 4.90. The molecule has 3 rings (SSSR count). The van der Waals surface area contributed by atoms with Gasteiger partial charge in [-0.25, -0.2) is 8.42 Å². The summed E-state index contributed by atoms with van der Waals surface area (Å²) in [6.45, 7) is 4.52. The summed E-state index contributed by atoms with van der Waals surface area (Å²) in [6, 6.07) is 10.7. The van der Waals surface area contributed by atoms with Crippen molar-refractivity contribution < 1.29 is 17.9 Å². The van der Waals surface area contributed by atoms with Gasteiger partial charge in [-0.3, -0.25) is 0 Å². The fourth-order valence-electron chi connectivity index (χ4n) is 3.11. The van der Waals surface area contributed by atoms with E-state index in [9.17, 15) is 8.42 Å². The van der Waals surface area contributed by atoms with Crippen molar-refractivity contribution in [2.75, 3.05) is 20.2 Å². The molecule has 2 atom stereocenters. The average Bonchev–Trinajstić information content (AvgIpc) is 2.52. The number of hydrogen-bond acceptors (Lipinski definition) is 4. The van der Waals surface area contributed by atoms with E-state index in [1.165, 1.54) is 4.31 Å². The molecule has 5 nitrogen and oxygen atoms in total. The highest BCUT2D eigenvalue weighted by molar-refractivity contribution is 7.89. The molecule has 1 fully saturated rings. The summed E-state index contributed by atoms with van der Waals surface area (Å²) < 4.78 is 38.7. The van der Waals surface area contributed by atoms with E-state index in [0.29, 0.717) is 29.1 Å². The molecule has 124 valence electrons. The molecule has 0 N–H and O–H groups in total. The second-order valence-electron chi connectivity index (χ2n) is 5.89. The summed E-state index contributed by atoms with van der Waals surface area (Å²) in [5.41, 5.74) is 0. The average molecular weight is 335 g/mol. The zero-order valence-corrected chi connectivity index (χ0v) is 14.3. The Kier molecular flexibility index (Phi) is 4.31. The number of rotatable bonds is 3. The van der Waals surface area contributed by atoms with Gasteiger partial charge in [0.2, 0.25) is 10.0 Å². The Morgan fingerprint density at radius 3 is 2.26 bits per heavy atom. The molecular weight excluding hydrogens is 314 g/mol. The van der Waals surface area contributed by atoms with Crippen molar-refractivity contribution in [3.05, 3.63) is 36.4 Å². The molecule has 0 bridgehead atoms. The molecule has 0 amide bonds. The SMILES string of the molecule is COc1ccc(S(=O)(=O)N2CC(C)OC(C)C2)c2ccccc12. The van der Waals surface area contributed by atoms with Crippen LogP contribution in [0.2, 0.25) is 0 Å². The number of sulfonamides is 1. The molecule has 0 saturated carbocycles. The zero-order chi connectivity index (χ0) is 16.6. The van der Waals surface area contributed by atoms with Crippen molar-refractivity contribution in [1.29, 1.82) is 0 Å². The van der Waals surface area contributed by atoms with E-state index < -0.39 is 10.0 Å². The molecule has 0 aliphatic carbocycles. The van der Waals surface area contributed by atoms with Crippen molar-refractivity contribution >= 4 is 20.8 Å². The third kappa shape index (κ3) is 2.94. The van der Waals surface area contributed by atoms with Crippen molar-refractivity contribution in [3.8, 4) is 5.75 Å². The van der Waals surface area contributed by atoms with Crippen LogP contribution in [0.3, 0.4) is 0 Å². The Labute approximate surface area is 136 Å². The van der Waals surface area contributed by atoms with E-state index in [2.05, 4.69) is 0 Å². The van der Waals surface area contributed by atoms with Crippen LogP contribution in [-0.4, -0.2) is 45.1 Å². The summed E-state index contributed by atoms with van der Waals surface area (Å²) in [4.78, 5) is 0.315. The number of hydrogen-bond donors (Lipinski definition) is 0. The lowest BCUT2D eigenvalue weighted by Crippen LogP contribution is -2.48. The van der Waals surface area contributed by atoms with Crippen LogP contribution in [0.5, 0.6) is 5.75 Å². The molecule has 0 radical (unpaired) electrons. The van der Waals surface area contributed by atoms with Crippen LogP contribution < -0.4 is 4.74 Å². The molecule has 1 heterocycles. The van der Waals surface area contributed by atoms with Gasteiger partial charge in [-0.15, -0.1) is 0 Å². The lowest BCUT2D eigenvalue weighted by molar-refractivity contribution is -0.0440. The molecule has 1 aliphatic rings. The van der Waals surface area contributed by atoms with Gasteiger partial charge in [0.15, 0.2) is 0 Å². The number of benzene rings is 2. The van der Waals surface area contributed by atoms with E-state index in [4.69, 9.17) is 9.47 Å². The maximum atomic E-state index is 13.1. The molecule has 1 aliphatic heterocycles. The van der Waals surface area contributed by atoms with Crippen LogP contribution >= 0.6 is 0 Å². The molecule has 2 aromatic carbocycles. The van der Waals surface area contributed by atoms with Crippen LogP contribution in [0.25, 0.3) is 10.8 Å². The maximum absolute atomic E-state index is 13.1. The quantitative estimate of drug-likeness (QED) is 0.865. The molecule has 2 aromatic rings. The monoisotopic (exact) mass is 335 g/mol. The van der Waals surface area contributed by atoms with Crippen molar-refractivity contribution in [2.24, 2.45) is 0 Å². The number of nitrogens with zero attached hydrogens (tertiary/aromatic N) is 1. The first-order chi connectivity index (χ1) is 10.9. The predicted octanol–water partition coefficient (Wildman–Crippen LogP) is 2.65. The van der Waals surface area contributed by atoms with E-state index in [1.54, 1.807) is 19.2 Å². The molecular formula is C17H21NO4S. The molecule has 23 heavy (non-hydrogen) atoms. The summed E-state index contributed by atoms with van der Waals surface area (Å²) >= 11 is 0. The number of methoxy groups -OCH3 is 1. The number of fused-ring (bicyclic) bond motifs is 1. The summed E-state index contributed by atoms with van der Waals surface area (Å²) in [7, 11) is -2.00. The van der Waals surface area contributed by atoms with Crippen molar-refractivity contribution in [2.45, 2.75) is 31.0 Å². The summed E-state index contributed by atoms with van der Waals surface area (Å²) in [5.74, 6) is 0.670. The lowest BCUT2D eigenvalue weighted by Gasteiger charge is -2.34. The maximum Gasteiger partial charge on any atom is 0.243 e. The van der Waals surface area contributed by atoms with Gasteiger partial charge in [-0.1, -0.05) is 24.3 Å². The number of morpholine rings is 1. The van der Waals surface area contributed by atoms with E-state index in [1.807, 2.05) is 38.1 Å². The standard InChI is InChI=1S/C17H21NO4S/c1-12-10-18(11-13(2)22-12)23(19,20)17-9-8-16(21-3)14-6-4-5-7-15(14)17/h4-9,12-13H,10-11H2,1-3H3. The normalized spacial score (nSPS) is 23.1. The molecule has 0 aromatic heterocycles. The topological polar surface area (TPSA) is 55.8 Å². The van der Waals surface area contributed by atoms with Gasteiger partial charge in [-0.05, 0) is 26.0 Å². The smallest absolute Gasteiger partial charge is 0.243 e. The second-order valence-corrected chi connectivity index (χ2v) is 7.80. The van der Waals surface area contributed by atoms with E-state index in [0.717, 1.165) is 5.39 Å². The van der Waals surface area contributed by atoms with E-state index >= 15 is 0 Å². The van der Waals surface area contributed by atoms with Gasteiger partial charge < -0.3 is 9.47 Å². The first-order valence-electron chi connectivity index (χ1n) is 7.65. The minimum atomic E-state index is -3.58. The predicted molar refractivity (Wildman–Crippen MR) is 89.3 cm³/mol. The van der Waals surface area contributed by atoms with Gasteiger partial charge in [0.1, 0.15) is 5.75 Å². The Morgan fingerprint density at radius 2 is 1.65 bits per heavy atom. The van der Waals surface area contributed by atoms with Crippen molar-refractivity contribution in [3.63, 3.8) is 0 Å². The fraction of sp³-hybridized carbons (Fsp3) is 0.412. The minimum Gasteiger partial charge on any atom is -0.496 e. The van der Waals surface area contributed by atoms with Gasteiger partial charge in [0.25, 0.3) is 0 Å². The van der Waals surface area contributed by atoms with Gasteiger partial charge in [0.05, 0.1) is 24.2 Å². The Balaban J connectivity index is 2.12. The Morgan fingerprint density at radius 1 is 1.04 bits per heavy atom. The Bertz CT molecular complexity index is 808.